The first kappa shape index (κ1) is 10.7. The number of aromatic nitrogens is 1. The van der Waals surface area contributed by atoms with Crippen LogP contribution in [0, 0.1) is 11.3 Å². The highest BCUT2D eigenvalue weighted by atomic mass is 79.9. The minimum atomic E-state index is -0.370. The van der Waals surface area contributed by atoms with Crippen LogP contribution in [0.1, 0.15) is 18.3 Å². The third-order valence-corrected chi connectivity index (χ3v) is 1.84. The van der Waals surface area contributed by atoms with E-state index in [0.29, 0.717) is 11.4 Å². The number of pyridine rings is 1. The molecule has 5 heteroatoms. The summed E-state index contributed by atoms with van der Waals surface area (Å²) in [5, 5.41) is 8.62. The van der Waals surface area contributed by atoms with Gasteiger partial charge in [-0.15, -0.1) is 0 Å². The van der Waals surface area contributed by atoms with Crippen LogP contribution in [0.25, 0.3) is 0 Å². The van der Waals surface area contributed by atoms with Crippen LogP contribution in [0.3, 0.4) is 0 Å². The van der Waals surface area contributed by atoms with Crippen LogP contribution in [-0.4, -0.2) is 11.0 Å². The molecule has 1 rings (SSSR count). The average molecular weight is 255 g/mol. The SMILES string of the molecule is CC(=O)OCc1cc(Br)cc(C#N)n1. The van der Waals surface area contributed by atoms with Gasteiger partial charge in [0.25, 0.3) is 0 Å². The van der Waals surface area contributed by atoms with Crippen LogP contribution in [0.5, 0.6) is 0 Å². The normalized spacial score (nSPS) is 9.21. The third kappa shape index (κ3) is 3.15. The predicted octanol–water partition coefficient (Wildman–Crippen LogP) is 1.78. The Morgan fingerprint density at radius 1 is 1.71 bits per heavy atom. The van der Waals surface area contributed by atoms with E-state index in [0.717, 1.165) is 4.47 Å². The quantitative estimate of drug-likeness (QED) is 0.755. The van der Waals surface area contributed by atoms with Gasteiger partial charge >= 0.3 is 5.97 Å². The molecule has 0 saturated carbocycles. The van der Waals surface area contributed by atoms with Gasteiger partial charge in [-0.25, -0.2) is 4.98 Å². The topological polar surface area (TPSA) is 63.0 Å². The first-order valence-electron chi connectivity index (χ1n) is 3.81. The van der Waals surface area contributed by atoms with Crippen molar-refractivity contribution in [1.29, 1.82) is 5.26 Å². The van der Waals surface area contributed by atoms with E-state index in [9.17, 15) is 4.79 Å². The maximum absolute atomic E-state index is 10.5. The Balaban J connectivity index is 2.82. The summed E-state index contributed by atoms with van der Waals surface area (Å²) in [5.41, 5.74) is 0.840. The number of hydrogen-bond acceptors (Lipinski definition) is 4. The standard InChI is InChI=1S/C9H7BrN2O2/c1-6(13)14-5-9-3-7(10)2-8(4-11)12-9/h2-3H,5H2,1H3. The Morgan fingerprint density at radius 2 is 2.43 bits per heavy atom. The monoisotopic (exact) mass is 254 g/mol. The number of ether oxygens (including phenoxy) is 1. The molecule has 0 aliphatic rings. The lowest BCUT2D eigenvalue weighted by Crippen LogP contribution is -2.01. The number of carbonyl (C=O) groups excluding carboxylic acids is 1. The smallest absolute Gasteiger partial charge is 0.303 e. The zero-order valence-corrected chi connectivity index (χ0v) is 9.04. The summed E-state index contributed by atoms with van der Waals surface area (Å²) >= 11 is 3.23. The Labute approximate surface area is 89.6 Å². The molecule has 0 aromatic carbocycles. The first-order valence-corrected chi connectivity index (χ1v) is 4.61. The zero-order valence-electron chi connectivity index (χ0n) is 7.45. The molecule has 0 aliphatic heterocycles. The molecule has 0 bridgehead atoms. The van der Waals surface area contributed by atoms with Gasteiger partial charge in [0.05, 0.1) is 5.69 Å². The number of carbonyl (C=O) groups is 1. The molecule has 1 heterocycles. The summed E-state index contributed by atoms with van der Waals surface area (Å²) in [5.74, 6) is -0.370. The van der Waals surface area contributed by atoms with E-state index < -0.39 is 0 Å². The molecule has 0 N–H and O–H groups in total. The van der Waals surface area contributed by atoms with Crippen molar-refractivity contribution in [1.82, 2.24) is 4.98 Å². The van der Waals surface area contributed by atoms with E-state index in [1.54, 1.807) is 12.1 Å². The molecular weight excluding hydrogens is 248 g/mol. The van der Waals surface area contributed by atoms with Crippen LogP contribution < -0.4 is 0 Å². The molecule has 1 aromatic rings. The second-order valence-electron chi connectivity index (χ2n) is 2.55. The maximum Gasteiger partial charge on any atom is 0.303 e. The predicted molar refractivity (Wildman–Crippen MR) is 52.1 cm³/mol. The molecule has 0 spiro atoms. The molecule has 14 heavy (non-hydrogen) atoms. The number of nitrogens with zero attached hydrogens (tertiary/aromatic N) is 2. The van der Waals surface area contributed by atoms with Crippen molar-refractivity contribution in [2.24, 2.45) is 0 Å². The molecular formula is C9H7BrN2O2. The number of nitriles is 1. The first-order chi connectivity index (χ1) is 6.61. The number of hydrogen-bond donors (Lipinski definition) is 0. The third-order valence-electron chi connectivity index (χ3n) is 1.38. The summed E-state index contributed by atoms with van der Waals surface area (Å²) in [6.45, 7) is 1.41. The largest absolute Gasteiger partial charge is 0.459 e. The van der Waals surface area contributed by atoms with Crippen LogP contribution in [-0.2, 0) is 16.1 Å². The van der Waals surface area contributed by atoms with E-state index in [4.69, 9.17) is 10.00 Å². The van der Waals surface area contributed by atoms with Crippen LogP contribution in [0.15, 0.2) is 16.6 Å². The Morgan fingerprint density at radius 3 is 3.00 bits per heavy atom. The van der Waals surface area contributed by atoms with E-state index in [1.165, 1.54) is 6.92 Å². The van der Waals surface area contributed by atoms with Crippen molar-refractivity contribution in [2.75, 3.05) is 0 Å². The lowest BCUT2D eigenvalue weighted by molar-refractivity contribution is -0.142. The molecule has 4 nitrogen and oxygen atoms in total. The van der Waals surface area contributed by atoms with Crippen molar-refractivity contribution in [3.8, 4) is 6.07 Å². The molecule has 0 fully saturated rings. The highest BCUT2D eigenvalue weighted by Gasteiger charge is 2.02. The summed E-state index contributed by atoms with van der Waals surface area (Å²) in [6, 6.07) is 5.21. The zero-order chi connectivity index (χ0) is 10.6. The van der Waals surface area contributed by atoms with Gasteiger partial charge in [0.2, 0.25) is 0 Å². The molecule has 0 radical (unpaired) electrons. The average Bonchev–Trinajstić information content (AvgIpc) is 2.14. The second-order valence-corrected chi connectivity index (χ2v) is 3.47. The summed E-state index contributed by atoms with van der Waals surface area (Å²) in [4.78, 5) is 14.5. The maximum atomic E-state index is 10.5. The summed E-state index contributed by atoms with van der Waals surface area (Å²) in [6.07, 6.45) is 0. The second kappa shape index (κ2) is 4.72. The molecule has 72 valence electrons. The fraction of sp³-hybridized carbons (Fsp3) is 0.222. The molecule has 1 aromatic heterocycles. The van der Waals surface area contributed by atoms with Gasteiger partial charge in [-0.3, -0.25) is 4.79 Å². The highest BCUT2D eigenvalue weighted by molar-refractivity contribution is 9.10. The van der Waals surface area contributed by atoms with Crippen molar-refractivity contribution in [3.63, 3.8) is 0 Å². The molecule has 0 amide bonds. The lowest BCUT2D eigenvalue weighted by atomic mass is 10.3. The van der Waals surface area contributed by atoms with Crippen molar-refractivity contribution >= 4 is 21.9 Å². The van der Waals surface area contributed by atoms with E-state index in [-0.39, 0.29) is 12.6 Å². The minimum absolute atomic E-state index is 0.0868. The number of rotatable bonds is 2. The van der Waals surface area contributed by atoms with Crippen molar-refractivity contribution < 1.29 is 9.53 Å². The van der Waals surface area contributed by atoms with Gasteiger partial charge < -0.3 is 4.74 Å². The van der Waals surface area contributed by atoms with Crippen molar-refractivity contribution in [3.05, 3.63) is 28.0 Å². The summed E-state index contributed by atoms with van der Waals surface area (Å²) < 4.78 is 5.49. The van der Waals surface area contributed by atoms with Crippen molar-refractivity contribution in [2.45, 2.75) is 13.5 Å². The fourth-order valence-electron chi connectivity index (χ4n) is 0.857. The van der Waals surface area contributed by atoms with Gasteiger partial charge in [-0.1, -0.05) is 15.9 Å². The van der Waals surface area contributed by atoms with E-state index in [1.807, 2.05) is 6.07 Å². The Hall–Kier alpha value is -1.41. The van der Waals surface area contributed by atoms with Gasteiger partial charge in [-0.2, -0.15) is 5.26 Å². The van der Waals surface area contributed by atoms with Crippen LogP contribution >= 0.6 is 15.9 Å². The van der Waals surface area contributed by atoms with Gasteiger partial charge in [0, 0.05) is 11.4 Å². The van der Waals surface area contributed by atoms with E-state index in [2.05, 4.69) is 20.9 Å². The highest BCUT2D eigenvalue weighted by Crippen LogP contribution is 2.12. The van der Waals surface area contributed by atoms with Crippen LogP contribution in [0.2, 0.25) is 0 Å². The molecule has 0 atom stereocenters. The van der Waals surface area contributed by atoms with Crippen LogP contribution in [0.4, 0.5) is 0 Å². The van der Waals surface area contributed by atoms with Gasteiger partial charge in [-0.05, 0) is 12.1 Å². The van der Waals surface area contributed by atoms with Gasteiger partial charge in [0.1, 0.15) is 18.4 Å². The number of esters is 1. The van der Waals surface area contributed by atoms with Gasteiger partial charge in [0.15, 0.2) is 0 Å². The molecule has 0 unspecified atom stereocenters. The lowest BCUT2D eigenvalue weighted by Gasteiger charge is -2.02. The van der Waals surface area contributed by atoms with E-state index >= 15 is 0 Å². The Kier molecular flexibility index (Phi) is 3.60. The molecule has 0 saturated heterocycles. The fourth-order valence-corrected chi connectivity index (χ4v) is 1.34. The summed E-state index contributed by atoms with van der Waals surface area (Å²) in [7, 11) is 0. The number of halogens is 1. The minimum Gasteiger partial charge on any atom is -0.459 e. The Bertz CT molecular complexity index is 398. The molecule has 0 aliphatic carbocycles.